The van der Waals surface area contributed by atoms with Crippen LogP contribution in [0.2, 0.25) is 0 Å². The molecule has 3 aromatic rings. The van der Waals surface area contributed by atoms with Gasteiger partial charge in [-0.3, -0.25) is 0 Å². The van der Waals surface area contributed by atoms with Gasteiger partial charge in [0.05, 0.1) is 28.4 Å². The third kappa shape index (κ3) is 2.33. The van der Waals surface area contributed by atoms with Crippen molar-refractivity contribution in [2.45, 2.75) is 6.92 Å². The van der Waals surface area contributed by atoms with Crippen molar-refractivity contribution in [3.05, 3.63) is 39.3 Å². The van der Waals surface area contributed by atoms with E-state index in [2.05, 4.69) is 21.8 Å². The predicted octanol–water partition coefficient (Wildman–Crippen LogP) is 3.47. The minimum atomic E-state index is 0.792. The molecule has 0 aliphatic heterocycles. The molecule has 5 heteroatoms. The smallest absolute Gasteiger partial charge is 0.167 e. The summed E-state index contributed by atoms with van der Waals surface area (Å²) in [7, 11) is 1.66. The zero-order valence-electron chi connectivity index (χ0n) is 10.4. The number of hydrogen-bond acceptors (Lipinski definition) is 5. The predicted molar refractivity (Wildman–Crippen MR) is 79.0 cm³/mol. The summed E-state index contributed by atoms with van der Waals surface area (Å²) in [6.45, 7) is 1.96. The second-order valence-corrected chi connectivity index (χ2v) is 5.60. The molecule has 2 aromatic heterocycles. The van der Waals surface area contributed by atoms with Crippen LogP contribution in [0.15, 0.2) is 23.0 Å². The molecule has 0 amide bonds. The Kier molecular flexibility index (Phi) is 3.20. The number of ether oxygens (including phenoxy) is 1. The van der Waals surface area contributed by atoms with Gasteiger partial charge in [-0.1, -0.05) is 5.92 Å². The molecule has 3 rings (SSSR count). The number of benzene rings is 1. The van der Waals surface area contributed by atoms with Crippen LogP contribution in [0, 0.1) is 18.8 Å². The average molecular weight is 286 g/mol. The molecule has 0 atom stereocenters. The highest BCUT2D eigenvalue weighted by atomic mass is 32.1. The van der Waals surface area contributed by atoms with Crippen molar-refractivity contribution < 1.29 is 4.74 Å². The Hall–Kier alpha value is -1.90. The molecule has 3 nitrogen and oxygen atoms in total. The van der Waals surface area contributed by atoms with Crippen LogP contribution >= 0.6 is 22.7 Å². The molecule has 0 bridgehead atoms. The van der Waals surface area contributed by atoms with Gasteiger partial charge in [-0.05, 0) is 25.0 Å². The third-order valence-electron chi connectivity index (χ3n) is 2.58. The lowest BCUT2D eigenvalue weighted by atomic mass is 10.2. The van der Waals surface area contributed by atoms with Crippen molar-refractivity contribution in [3.63, 3.8) is 0 Å². The van der Waals surface area contributed by atoms with E-state index in [1.165, 1.54) is 0 Å². The van der Waals surface area contributed by atoms with E-state index in [0.717, 1.165) is 32.2 Å². The Bertz CT molecular complexity index is 792. The Balaban J connectivity index is 2.07. The fraction of sp³-hybridized carbons (Fsp3) is 0.143. The molecule has 2 heterocycles. The molecule has 0 N–H and O–H groups in total. The highest BCUT2D eigenvalue weighted by Crippen LogP contribution is 2.31. The molecule has 94 valence electrons. The van der Waals surface area contributed by atoms with Crippen LogP contribution in [0.1, 0.15) is 16.3 Å². The highest BCUT2D eigenvalue weighted by molar-refractivity contribution is 7.17. The lowest BCUT2D eigenvalue weighted by Crippen LogP contribution is -1.88. The van der Waals surface area contributed by atoms with E-state index in [4.69, 9.17) is 4.74 Å². The molecule has 0 aliphatic rings. The Morgan fingerprint density at radius 2 is 2.11 bits per heavy atom. The SMILES string of the molecule is COc1c(C#Cc2nc(C)cs2)ccc2ncsc12. The first-order valence-corrected chi connectivity index (χ1v) is 7.38. The maximum Gasteiger partial charge on any atom is 0.167 e. The number of aryl methyl sites for hydroxylation is 1. The Morgan fingerprint density at radius 1 is 1.21 bits per heavy atom. The van der Waals surface area contributed by atoms with Crippen molar-refractivity contribution in [2.75, 3.05) is 7.11 Å². The van der Waals surface area contributed by atoms with Gasteiger partial charge in [0, 0.05) is 11.1 Å². The van der Waals surface area contributed by atoms with Gasteiger partial charge < -0.3 is 4.74 Å². The van der Waals surface area contributed by atoms with Gasteiger partial charge in [0.15, 0.2) is 10.8 Å². The number of rotatable bonds is 1. The quantitative estimate of drug-likeness (QED) is 0.642. The van der Waals surface area contributed by atoms with Crippen molar-refractivity contribution in [3.8, 4) is 17.6 Å². The first-order valence-electron chi connectivity index (χ1n) is 5.62. The Morgan fingerprint density at radius 3 is 2.84 bits per heavy atom. The van der Waals surface area contributed by atoms with Gasteiger partial charge in [0.1, 0.15) is 0 Å². The summed E-state index contributed by atoms with van der Waals surface area (Å²) in [6, 6.07) is 3.90. The molecule has 0 saturated heterocycles. The fourth-order valence-electron chi connectivity index (χ4n) is 1.74. The summed E-state index contributed by atoms with van der Waals surface area (Å²) in [6.07, 6.45) is 0. The monoisotopic (exact) mass is 286 g/mol. The van der Waals surface area contributed by atoms with E-state index < -0.39 is 0 Å². The number of thiazole rings is 2. The number of fused-ring (bicyclic) bond motifs is 1. The summed E-state index contributed by atoms with van der Waals surface area (Å²) < 4.78 is 6.49. The van der Waals surface area contributed by atoms with Crippen LogP contribution in [-0.4, -0.2) is 17.1 Å². The number of nitrogens with zero attached hydrogens (tertiary/aromatic N) is 2. The van der Waals surface area contributed by atoms with Crippen LogP contribution in [-0.2, 0) is 0 Å². The number of aromatic nitrogens is 2. The molecule has 0 radical (unpaired) electrons. The number of methoxy groups -OCH3 is 1. The van der Waals surface area contributed by atoms with Gasteiger partial charge in [0.2, 0.25) is 0 Å². The Labute approximate surface area is 118 Å². The summed E-state index contributed by atoms with van der Waals surface area (Å²) in [5, 5.41) is 2.82. The lowest BCUT2D eigenvalue weighted by molar-refractivity contribution is 0.419. The second kappa shape index (κ2) is 5.00. The third-order valence-corrected chi connectivity index (χ3v) is 4.30. The van der Waals surface area contributed by atoms with Crippen molar-refractivity contribution in [2.24, 2.45) is 0 Å². The van der Waals surface area contributed by atoms with Crippen LogP contribution in [0.25, 0.3) is 10.2 Å². The van der Waals surface area contributed by atoms with Gasteiger partial charge in [-0.25, -0.2) is 9.97 Å². The summed E-state index contributed by atoms with van der Waals surface area (Å²) >= 11 is 3.11. The lowest BCUT2D eigenvalue weighted by Gasteiger charge is -2.03. The summed E-state index contributed by atoms with van der Waals surface area (Å²) in [4.78, 5) is 8.60. The molecule has 0 saturated carbocycles. The van der Waals surface area contributed by atoms with Gasteiger partial charge in [0.25, 0.3) is 0 Å². The summed E-state index contributed by atoms with van der Waals surface area (Å²) in [5.74, 6) is 6.99. The van der Waals surface area contributed by atoms with Crippen molar-refractivity contribution >= 4 is 32.9 Å². The van der Waals surface area contributed by atoms with E-state index >= 15 is 0 Å². The average Bonchev–Trinajstić information content (AvgIpc) is 3.04. The van der Waals surface area contributed by atoms with E-state index in [1.54, 1.807) is 29.8 Å². The first kappa shape index (κ1) is 12.2. The molecular formula is C14H10N2OS2. The van der Waals surface area contributed by atoms with Crippen LogP contribution in [0.4, 0.5) is 0 Å². The zero-order chi connectivity index (χ0) is 13.2. The molecule has 19 heavy (non-hydrogen) atoms. The van der Waals surface area contributed by atoms with Crippen LogP contribution in [0.5, 0.6) is 5.75 Å². The van der Waals surface area contributed by atoms with E-state index in [9.17, 15) is 0 Å². The van der Waals surface area contributed by atoms with Crippen molar-refractivity contribution in [1.82, 2.24) is 9.97 Å². The van der Waals surface area contributed by atoms with Crippen LogP contribution in [0.3, 0.4) is 0 Å². The minimum Gasteiger partial charge on any atom is -0.494 e. The van der Waals surface area contributed by atoms with Crippen molar-refractivity contribution in [1.29, 1.82) is 0 Å². The fourth-order valence-corrected chi connectivity index (χ4v) is 3.19. The standard InChI is InChI=1S/C14H10N2OS2/c1-9-7-18-12(16-9)6-4-10-3-5-11-14(13(10)17-2)19-8-15-11/h3,5,7-8H,1-2H3. The zero-order valence-corrected chi connectivity index (χ0v) is 12.1. The highest BCUT2D eigenvalue weighted by Gasteiger charge is 2.08. The first-order chi connectivity index (χ1) is 9.28. The molecule has 0 spiro atoms. The molecular weight excluding hydrogens is 276 g/mol. The van der Waals surface area contributed by atoms with Gasteiger partial charge >= 0.3 is 0 Å². The maximum atomic E-state index is 5.46. The maximum absolute atomic E-state index is 5.46. The normalized spacial score (nSPS) is 10.2. The minimum absolute atomic E-state index is 0.792. The molecule has 0 fully saturated rings. The second-order valence-electron chi connectivity index (χ2n) is 3.89. The van der Waals surface area contributed by atoms with Crippen LogP contribution < -0.4 is 4.74 Å². The topological polar surface area (TPSA) is 35.0 Å². The molecule has 0 unspecified atom stereocenters. The van der Waals surface area contributed by atoms with Gasteiger partial charge in [-0.15, -0.1) is 22.7 Å². The molecule has 0 aliphatic carbocycles. The van der Waals surface area contributed by atoms with E-state index in [1.807, 2.05) is 29.9 Å². The molecule has 1 aromatic carbocycles. The number of hydrogen-bond donors (Lipinski definition) is 0. The van der Waals surface area contributed by atoms with E-state index in [-0.39, 0.29) is 0 Å². The van der Waals surface area contributed by atoms with E-state index in [0.29, 0.717) is 0 Å². The largest absolute Gasteiger partial charge is 0.494 e. The summed E-state index contributed by atoms with van der Waals surface area (Å²) in [5.41, 5.74) is 4.62. The van der Waals surface area contributed by atoms with Gasteiger partial charge in [-0.2, -0.15) is 0 Å².